The van der Waals surface area contributed by atoms with Crippen molar-refractivity contribution in [3.63, 3.8) is 0 Å². The van der Waals surface area contributed by atoms with Gasteiger partial charge in [0.1, 0.15) is 11.8 Å². The number of nitrogens with two attached hydrogens (primary N) is 1. The molecule has 1 aliphatic carbocycles. The number of carbonyl (C=O) groups is 1. The van der Waals surface area contributed by atoms with Crippen molar-refractivity contribution in [2.45, 2.75) is 32.4 Å². The molecule has 0 aliphatic heterocycles. The number of rotatable bonds is 11. The summed E-state index contributed by atoms with van der Waals surface area (Å²) in [5, 5.41) is 11.8. The molecule has 1 aliphatic rings. The summed E-state index contributed by atoms with van der Waals surface area (Å²) >= 11 is 3.33. The van der Waals surface area contributed by atoms with Crippen molar-refractivity contribution >= 4 is 46.8 Å². The number of fused-ring (bicyclic) bond motifs is 1. The molecule has 1 aromatic carbocycles. The third kappa shape index (κ3) is 6.04. The van der Waals surface area contributed by atoms with Crippen LogP contribution in [-0.2, 0) is 13.9 Å². The fourth-order valence-electron chi connectivity index (χ4n) is 3.68. The zero-order valence-electron chi connectivity index (χ0n) is 19.6. The number of nitrogens with zero attached hydrogens (tertiary/aromatic N) is 4. The van der Waals surface area contributed by atoms with Crippen LogP contribution in [0.4, 0.5) is 5.95 Å². The molecule has 0 saturated carbocycles. The predicted molar refractivity (Wildman–Crippen MR) is 136 cm³/mol. The van der Waals surface area contributed by atoms with Crippen LogP contribution in [0.25, 0.3) is 11.2 Å². The van der Waals surface area contributed by atoms with Gasteiger partial charge in [-0.1, -0.05) is 28.1 Å². The van der Waals surface area contributed by atoms with Gasteiger partial charge in [0.25, 0.3) is 0 Å². The average Bonchev–Trinajstić information content (AvgIpc) is 3.46. The standard InChI is InChI=1S/C22H26BrN6O6P/c1-3-33-20-18-19(26-22(24)27-20)29(12-25-18)16-7-4-14(10-16)11-34-36(32,28-13(2)21(30)31)35-17-8-5-15(23)6-9-17/h4-9,12-14,16H,3,10-11H2,1-2H3,(H,28,32)(H,30,31)(H2,24,26,27)/t13-,14+,16-,36?/m0/s1. The van der Waals surface area contributed by atoms with Crippen LogP contribution in [0, 0.1) is 5.92 Å². The van der Waals surface area contributed by atoms with E-state index >= 15 is 0 Å². The lowest BCUT2D eigenvalue weighted by Gasteiger charge is -2.23. The summed E-state index contributed by atoms with van der Waals surface area (Å²) in [5.74, 6) is -0.622. The monoisotopic (exact) mass is 580 g/mol. The Labute approximate surface area is 215 Å². The van der Waals surface area contributed by atoms with Gasteiger partial charge >= 0.3 is 13.7 Å². The van der Waals surface area contributed by atoms with E-state index in [2.05, 4.69) is 36.0 Å². The first-order chi connectivity index (χ1) is 17.2. The molecule has 4 atom stereocenters. The molecule has 0 amide bonds. The van der Waals surface area contributed by atoms with E-state index in [1.165, 1.54) is 6.92 Å². The lowest BCUT2D eigenvalue weighted by atomic mass is 10.1. The number of carboxylic acids is 1. The van der Waals surface area contributed by atoms with Gasteiger partial charge in [0.05, 0.1) is 25.6 Å². The first-order valence-corrected chi connectivity index (χ1v) is 13.5. The number of hydrogen-bond acceptors (Lipinski definition) is 9. The van der Waals surface area contributed by atoms with E-state index in [1.807, 2.05) is 23.6 Å². The third-order valence-corrected chi connectivity index (χ3v) is 7.59. The number of nitrogens with one attached hydrogen (secondary N) is 1. The minimum absolute atomic E-state index is 0.0358. The lowest BCUT2D eigenvalue weighted by molar-refractivity contribution is -0.138. The molecule has 14 heteroatoms. The van der Waals surface area contributed by atoms with Crippen LogP contribution in [0.1, 0.15) is 26.3 Å². The highest BCUT2D eigenvalue weighted by molar-refractivity contribution is 9.10. The molecule has 4 rings (SSSR count). The summed E-state index contributed by atoms with van der Waals surface area (Å²) in [6.45, 7) is 3.66. The molecule has 192 valence electrons. The number of nitrogen functional groups attached to an aromatic ring is 1. The Balaban J connectivity index is 1.46. The maximum atomic E-state index is 13.4. The minimum Gasteiger partial charge on any atom is -0.480 e. The van der Waals surface area contributed by atoms with Crippen LogP contribution in [0.15, 0.2) is 47.2 Å². The number of benzene rings is 1. The zero-order chi connectivity index (χ0) is 25.9. The predicted octanol–water partition coefficient (Wildman–Crippen LogP) is 3.95. The van der Waals surface area contributed by atoms with Crippen LogP contribution < -0.4 is 20.1 Å². The average molecular weight is 581 g/mol. The third-order valence-electron chi connectivity index (χ3n) is 5.41. The molecule has 4 N–H and O–H groups in total. The van der Waals surface area contributed by atoms with E-state index < -0.39 is 19.8 Å². The van der Waals surface area contributed by atoms with E-state index in [0.717, 1.165) is 4.47 Å². The van der Waals surface area contributed by atoms with Crippen LogP contribution in [0.2, 0.25) is 0 Å². The molecule has 3 aromatic rings. The number of ether oxygens (including phenoxy) is 1. The molecule has 2 heterocycles. The molecule has 36 heavy (non-hydrogen) atoms. The molecule has 0 radical (unpaired) electrons. The Morgan fingerprint density at radius 2 is 2.08 bits per heavy atom. The molecular weight excluding hydrogens is 555 g/mol. The smallest absolute Gasteiger partial charge is 0.459 e. The van der Waals surface area contributed by atoms with E-state index in [-0.39, 0.29) is 30.3 Å². The topological polar surface area (TPSA) is 164 Å². The molecule has 0 saturated heterocycles. The maximum Gasteiger partial charge on any atom is 0.459 e. The zero-order valence-corrected chi connectivity index (χ0v) is 22.1. The van der Waals surface area contributed by atoms with Gasteiger partial charge in [-0.15, -0.1) is 0 Å². The largest absolute Gasteiger partial charge is 0.480 e. The normalized spacial score (nSPS) is 19.8. The van der Waals surface area contributed by atoms with Crippen LogP contribution in [0.3, 0.4) is 0 Å². The number of allylic oxidation sites excluding steroid dienone is 1. The second-order valence-corrected chi connectivity index (χ2v) is 10.7. The van der Waals surface area contributed by atoms with Gasteiger partial charge in [-0.25, -0.2) is 9.55 Å². The van der Waals surface area contributed by atoms with Gasteiger partial charge < -0.3 is 24.7 Å². The van der Waals surface area contributed by atoms with Crippen LogP contribution in [-0.4, -0.2) is 49.9 Å². The Morgan fingerprint density at radius 1 is 1.33 bits per heavy atom. The molecule has 2 aromatic heterocycles. The minimum atomic E-state index is -4.01. The van der Waals surface area contributed by atoms with E-state index in [0.29, 0.717) is 30.1 Å². The molecular formula is C22H26BrN6O6P. The van der Waals surface area contributed by atoms with Gasteiger partial charge in [0.15, 0.2) is 11.2 Å². The van der Waals surface area contributed by atoms with Gasteiger partial charge in [0, 0.05) is 10.4 Å². The lowest BCUT2D eigenvalue weighted by Crippen LogP contribution is -2.33. The Hall–Kier alpha value is -2.99. The van der Waals surface area contributed by atoms with Crippen molar-refractivity contribution in [2.24, 2.45) is 5.92 Å². The summed E-state index contributed by atoms with van der Waals surface area (Å²) in [7, 11) is -4.01. The quantitative estimate of drug-likeness (QED) is 0.222. The van der Waals surface area contributed by atoms with E-state index in [9.17, 15) is 14.5 Å². The maximum absolute atomic E-state index is 13.4. The van der Waals surface area contributed by atoms with Crippen LogP contribution in [0.5, 0.6) is 11.6 Å². The fourth-order valence-corrected chi connectivity index (χ4v) is 5.50. The van der Waals surface area contributed by atoms with Gasteiger partial charge in [-0.3, -0.25) is 9.32 Å². The number of aliphatic carboxylic acids is 1. The van der Waals surface area contributed by atoms with Gasteiger partial charge in [-0.05, 0) is 44.5 Å². The highest BCUT2D eigenvalue weighted by Crippen LogP contribution is 2.46. The Bertz CT molecular complexity index is 1320. The number of anilines is 1. The van der Waals surface area contributed by atoms with E-state index in [1.54, 1.807) is 30.6 Å². The molecule has 0 spiro atoms. The Morgan fingerprint density at radius 3 is 2.78 bits per heavy atom. The second kappa shape index (κ2) is 11.0. The van der Waals surface area contributed by atoms with Crippen molar-refractivity contribution in [2.75, 3.05) is 18.9 Å². The van der Waals surface area contributed by atoms with Crippen molar-refractivity contribution in [3.05, 3.63) is 47.2 Å². The summed E-state index contributed by atoms with van der Waals surface area (Å²) in [4.78, 5) is 24.2. The summed E-state index contributed by atoms with van der Waals surface area (Å²) in [5.41, 5.74) is 6.92. The second-order valence-electron chi connectivity index (χ2n) is 8.12. The molecule has 0 bridgehead atoms. The Kier molecular flexibility index (Phi) is 7.94. The molecule has 0 fully saturated rings. The summed E-state index contributed by atoms with van der Waals surface area (Å²) in [6, 6.07) is 5.38. The van der Waals surface area contributed by atoms with Crippen molar-refractivity contribution in [3.8, 4) is 11.6 Å². The summed E-state index contributed by atoms with van der Waals surface area (Å²) < 4.78 is 33.0. The molecule has 12 nitrogen and oxygen atoms in total. The van der Waals surface area contributed by atoms with Crippen molar-refractivity contribution in [1.29, 1.82) is 0 Å². The highest BCUT2D eigenvalue weighted by Gasteiger charge is 2.33. The fraction of sp³-hybridized carbons (Fsp3) is 0.364. The highest BCUT2D eigenvalue weighted by atomic mass is 79.9. The van der Waals surface area contributed by atoms with Crippen LogP contribution >= 0.6 is 23.7 Å². The first kappa shape index (κ1) is 26.1. The van der Waals surface area contributed by atoms with Crippen molar-refractivity contribution in [1.82, 2.24) is 24.6 Å². The van der Waals surface area contributed by atoms with Gasteiger partial charge in [0.2, 0.25) is 11.8 Å². The number of imidazole rings is 1. The number of carboxylic acid groups (broad SMARTS) is 1. The summed E-state index contributed by atoms with van der Waals surface area (Å²) in [6.07, 6.45) is 6.17. The number of hydrogen-bond donors (Lipinski definition) is 3. The van der Waals surface area contributed by atoms with Gasteiger partial charge in [-0.2, -0.15) is 15.1 Å². The number of aromatic nitrogens is 4. The SMILES string of the molecule is CCOc1nc(N)nc2c1ncn2[C@H]1C=C[C@@H](COP(=O)(N[C@@H](C)C(=O)O)Oc2ccc(Br)cc2)C1. The van der Waals surface area contributed by atoms with Crippen molar-refractivity contribution < 1.29 is 28.3 Å². The first-order valence-electron chi connectivity index (χ1n) is 11.2. The molecule has 1 unspecified atom stereocenters. The number of halogens is 1. The van der Waals surface area contributed by atoms with E-state index in [4.69, 9.17) is 19.5 Å².